The molecule has 0 aromatic heterocycles. The lowest BCUT2D eigenvalue weighted by atomic mass is 10.3. The lowest BCUT2D eigenvalue weighted by Gasteiger charge is -2.09. The van der Waals surface area contributed by atoms with E-state index in [9.17, 15) is 8.42 Å². The van der Waals surface area contributed by atoms with Crippen molar-refractivity contribution < 1.29 is 8.42 Å². The van der Waals surface area contributed by atoms with Crippen molar-refractivity contribution in [2.45, 2.75) is 11.8 Å². The maximum Gasteiger partial charge on any atom is 0.261 e. The molecule has 0 aliphatic heterocycles. The van der Waals surface area contributed by atoms with E-state index in [4.69, 9.17) is 0 Å². The molecule has 0 saturated carbocycles. The van der Waals surface area contributed by atoms with Crippen molar-refractivity contribution >= 4 is 37.3 Å². The number of nitrogens with one attached hydrogen (secondary N) is 2. The van der Waals surface area contributed by atoms with Crippen molar-refractivity contribution in [1.29, 1.82) is 0 Å². The normalized spacial score (nSPS) is 11.1. The van der Waals surface area contributed by atoms with Gasteiger partial charge in [0.2, 0.25) is 0 Å². The van der Waals surface area contributed by atoms with Crippen LogP contribution >= 0.6 is 15.9 Å². The second kappa shape index (κ2) is 6.28. The number of anilines is 2. The highest BCUT2D eigenvalue weighted by atomic mass is 79.9. The highest BCUT2D eigenvalue weighted by Gasteiger charge is 2.13. The number of hydrogen-bond donors (Lipinski definition) is 2. The molecule has 0 atom stereocenters. The number of hydrogen-bond acceptors (Lipinski definition) is 3. The minimum atomic E-state index is -3.55. The zero-order chi connectivity index (χ0) is 14.6. The topological polar surface area (TPSA) is 58.2 Å². The Morgan fingerprint density at radius 1 is 0.950 bits per heavy atom. The minimum Gasteiger partial charge on any atom is -0.385 e. The largest absolute Gasteiger partial charge is 0.385 e. The van der Waals surface area contributed by atoms with Crippen LogP contribution in [-0.4, -0.2) is 15.0 Å². The van der Waals surface area contributed by atoms with Crippen LogP contribution < -0.4 is 10.0 Å². The summed E-state index contributed by atoms with van der Waals surface area (Å²) in [7, 11) is -3.55. The Hall–Kier alpha value is -1.53. The molecule has 0 saturated heterocycles. The van der Waals surface area contributed by atoms with Gasteiger partial charge in [-0.05, 0) is 55.5 Å². The second-order valence-electron chi connectivity index (χ2n) is 4.17. The molecule has 0 bridgehead atoms. The maximum atomic E-state index is 12.2. The Labute approximate surface area is 127 Å². The molecule has 6 heteroatoms. The molecule has 0 aliphatic rings. The lowest BCUT2D eigenvalue weighted by Crippen LogP contribution is -2.12. The van der Waals surface area contributed by atoms with Crippen LogP contribution in [0.4, 0.5) is 11.4 Å². The predicted octanol–water partition coefficient (Wildman–Crippen LogP) is 3.68. The van der Waals surface area contributed by atoms with Crippen LogP contribution in [0, 0.1) is 0 Å². The second-order valence-corrected chi connectivity index (χ2v) is 6.77. The molecule has 0 radical (unpaired) electrons. The van der Waals surface area contributed by atoms with E-state index in [-0.39, 0.29) is 4.90 Å². The van der Waals surface area contributed by atoms with Gasteiger partial charge in [-0.3, -0.25) is 4.72 Å². The number of rotatable bonds is 5. The molecule has 0 unspecified atom stereocenters. The summed E-state index contributed by atoms with van der Waals surface area (Å²) in [5.74, 6) is 0. The molecule has 0 spiro atoms. The molecule has 106 valence electrons. The van der Waals surface area contributed by atoms with E-state index in [0.717, 1.165) is 16.7 Å². The standard InChI is InChI=1S/C14H15BrN2O2S/c1-2-16-12-7-9-14(10-8-12)20(18,19)17-13-5-3-11(15)4-6-13/h3-10,16-17H,2H2,1H3. The third-order valence-corrected chi connectivity index (χ3v) is 4.57. The van der Waals surface area contributed by atoms with Crippen molar-refractivity contribution in [2.24, 2.45) is 0 Å². The molecule has 2 N–H and O–H groups in total. The quantitative estimate of drug-likeness (QED) is 0.860. The molecular formula is C14H15BrN2O2S. The molecule has 0 amide bonds. The smallest absolute Gasteiger partial charge is 0.261 e. The van der Waals surface area contributed by atoms with Crippen molar-refractivity contribution in [2.75, 3.05) is 16.6 Å². The van der Waals surface area contributed by atoms with E-state index in [2.05, 4.69) is 26.0 Å². The summed E-state index contributed by atoms with van der Waals surface area (Å²) in [6, 6.07) is 13.6. The van der Waals surface area contributed by atoms with Crippen LogP contribution in [0.5, 0.6) is 0 Å². The number of benzene rings is 2. The fourth-order valence-electron chi connectivity index (χ4n) is 1.69. The molecule has 2 aromatic rings. The van der Waals surface area contributed by atoms with Gasteiger partial charge in [0.1, 0.15) is 0 Å². The van der Waals surface area contributed by atoms with Crippen LogP contribution in [-0.2, 0) is 10.0 Å². The van der Waals surface area contributed by atoms with Crippen LogP contribution in [0.2, 0.25) is 0 Å². The number of sulfonamides is 1. The highest BCUT2D eigenvalue weighted by Crippen LogP contribution is 2.19. The molecule has 2 aromatic carbocycles. The summed E-state index contributed by atoms with van der Waals surface area (Å²) in [5.41, 5.74) is 1.43. The first-order valence-corrected chi connectivity index (χ1v) is 8.41. The van der Waals surface area contributed by atoms with E-state index in [1.165, 1.54) is 0 Å². The Kier molecular flexibility index (Phi) is 4.67. The van der Waals surface area contributed by atoms with Crippen LogP contribution in [0.1, 0.15) is 6.92 Å². The Balaban J connectivity index is 2.19. The van der Waals surface area contributed by atoms with Crippen molar-refractivity contribution in [3.63, 3.8) is 0 Å². The first-order chi connectivity index (χ1) is 9.51. The minimum absolute atomic E-state index is 0.238. The van der Waals surface area contributed by atoms with Gasteiger partial charge in [0.05, 0.1) is 4.90 Å². The average Bonchev–Trinajstić information content (AvgIpc) is 2.42. The van der Waals surface area contributed by atoms with Gasteiger partial charge in [-0.15, -0.1) is 0 Å². The lowest BCUT2D eigenvalue weighted by molar-refractivity contribution is 0.601. The Morgan fingerprint density at radius 3 is 2.05 bits per heavy atom. The summed E-state index contributed by atoms with van der Waals surface area (Å²) in [4.78, 5) is 0.238. The Bertz CT molecular complexity index is 667. The summed E-state index contributed by atoms with van der Waals surface area (Å²) in [6.07, 6.45) is 0. The highest BCUT2D eigenvalue weighted by molar-refractivity contribution is 9.10. The molecule has 2 rings (SSSR count). The summed E-state index contributed by atoms with van der Waals surface area (Å²) in [5, 5.41) is 3.12. The van der Waals surface area contributed by atoms with E-state index in [0.29, 0.717) is 5.69 Å². The van der Waals surface area contributed by atoms with Crippen LogP contribution in [0.15, 0.2) is 57.9 Å². The average molecular weight is 355 g/mol. The maximum absolute atomic E-state index is 12.2. The third kappa shape index (κ3) is 3.74. The van der Waals surface area contributed by atoms with E-state index in [1.807, 2.05) is 6.92 Å². The van der Waals surface area contributed by atoms with Crippen LogP contribution in [0.25, 0.3) is 0 Å². The zero-order valence-corrected chi connectivity index (χ0v) is 13.3. The van der Waals surface area contributed by atoms with Gasteiger partial charge >= 0.3 is 0 Å². The van der Waals surface area contributed by atoms with Gasteiger partial charge in [-0.25, -0.2) is 8.42 Å². The number of halogens is 1. The zero-order valence-electron chi connectivity index (χ0n) is 10.9. The third-order valence-electron chi connectivity index (χ3n) is 2.64. The first-order valence-electron chi connectivity index (χ1n) is 6.13. The Morgan fingerprint density at radius 2 is 1.50 bits per heavy atom. The van der Waals surface area contributed by atoms with Gasteiger partial charge in [0.25, 0.3) is 10.0 Å². The van der Waals surface area contributed by atoms with E-state index < -0.39 is 10.0 Å². The van der Waals surface area contributed by atoms with Gasteiger partial charge in [0.15, 0.2) is 0 Å². The van der Waals surface area contributed by atoms with Crippen molar-refractivity contribution in [3.05, 3.63) is 53.0 Å². The summed E-state index contributed by atoms with van der Waals surface area (Å²) >= 11 is 3.31. The molecule has 0 heterocycles. The van der Waals surface area contributed by atoms with Gasteiger partial charge < -0.3 is 5.32 Å². The van der Waals surface area contributed by atoms with Gasteiger partial charge in [-0.2, -0.15) is 0 Å². The fraction of sp³-hybridized carbons (Fsp3) is 0.143. The van der Waals surface area contributed by atoms with Crippen molar-refractivity contribution in [3.8, 4) is 0 Å². The SMILES string of the molecule is CCNc1ccc(S(=O)(=O)Nc2ccc(Br)cc2)cc1. The molecular weight excluding hydrogens is 340 g/mol. The molecule has 0 aliphatic carbocycles. The molecule has 4 nitrogen and oxygen atoms in total. The fourth-order valence-corrected chi connectivity index (χ4v) is 3.01. The predicted molar refractivity (Wildman–Crippen MR) is 85.6 cm³/mol. The molecule has 0 fully saturated rings. The first kappa shape index (κ1) is 14.9. The van der Waals surface area contributed by atoms with E-state index >= 15 is 0 Å². The van der Waals surface area contributed by atoms with E-state index in [1.54, 1.807) is 48.5 Å². The monoisotopic (exact) mass is 354 g/mol. The van der Waals surface area contributed by atoms with Gasteiger partial charge in [-0.1, -0.05) is 15.9 Å². The summed E-state index contributed by atoms with van der Waals surface area (Å²) < 4.78 is 27.9. The van der Waals surface area contributed by atoms with Gasteiger partial charge in [0, 0.05) is 22.4 Å². The molecule has 20 heavy (non-hydrogen) atoms. The van der Waals surface area contributed by atoms with Crippen molar-refractivity contribution in [1.82, 2.24) is 0 Å². The summed E-state index contributed by atoms with van der Waals surface area (Å²) in [6.45, 7) is 2.78. The van der Waals surface area contributed by atoms with Crippen LogP contribution in [0.3, 0.4) is 0 Å².